The molecule has 2 aromatic rings. The highest BCUT2D eigenvalue weighted by atomic mass is 16.1. The van der Waals surface area contributed by atoms with Crippen LogP contribution in [0.15, 0.2) is 29.2 Å². The highest BCUT2D eigenvalue weighted by Gasteiger charge is 2.15. The van der Waals surface area contributed by atoms with Crippen LogP contribution in [0.2, 0.25) is 0 Å². The van der Waals surface area contributed by atoms with Crippen LogP contribution in [-0.4, -0.2) is 14.5 Å². The lowest BCUT2D eigenvalue weighted by atomic mass is 9.88. The molecule has 0 N–H and O–H groups in total. The van der Waals surface area contributed by atoms with E-state index >= 15 is 0 Å². The standard InChI is InChI=1S/C15H19N3O/c1-10-8-11(2)17-14(16-10)18-7-6-12(9-13(18)19)15(3,4)5/h6-9H,1-5H3. The van der Waals surface area contributed by atoms with Gasteiger partial charge in [0.05, 0.1) is 0 Å². The number of hydrogen-bond donors (Lipinski definition) is 0. The third-order valence-electron chi connectivity index (χ3n) is 2.97. The topological polar surface area (TPSA) is 47.8 Å². The zero-order valence-corrected chi connectivity index (χ0v) is 12.1. The molecule has 2 heterocycles. The van der Waals surface area contributed by atoms with E-state index in [4.69, 9.17) is 0 Å². The van der Waals surface area contributed by atoms with E-state index in [-0.39, 0.29) is 11.0 Å². The molecule has 2 aromatic heterocycles. The summed E-state index contributed by atoms with van der Waals surface area (Å²) in [5.74, 6) is 0.433. The Kier molecular flexibility index (Phi) is 3.27. The maximum Gasteiger partial charge on any atom is 0.257 e. The molecule has 0 atom stereocenters. The molecule has 4 nitrogen and oxygen atoms in total. The second kappa shape index (κ2) is 4.61. The Morgan fingerprint density at radius 2 is 1.63 bits per heavy atom. The lowest BCUT2D eigenvalue weighted by Gasteiger charge is -2.19. The summed E-state index contributed by atoms with van der Waals surface area (Å²) in [6, 6.07) is 5.49. The summed E-state index contributed by atoms with van der Waals surface area (Å²) >= 11 is 0. The van der Waals surface area contributed by atoms with Crippen molar-refractivity contribution in [3.8, 4) is 5.95 Å². The smallest absolute Gasteiger partial charge is 0.257 e. The van der Waals surface area contributed by atoms with Gasteiger partial charge in [-0.1, -0.05) is 20.8 Å². The number of pyridine rings is 1. The Morgan fingerprint density at radius 3 is 2.11 bits per heavy atom. The molecule has 0 saturated heterocycles. The van der Waals surface area contributed by atoms with E-state index in [1.54, 1.807) is 12.3 Å². The second-order valence-electron chi connectivity index (χ2n) is 5.82. The van der Waals surface area contributed by atoms with Crippen LogP contribution in [0, 0.1) is 13.8 Å². The molecule has 0 saturated carbocycles. The largest absolute Gasteiger partial charge is 0.269 e. The molecule has 0 unspecified atom stereocenters. The summed E-state index contributed by atoms with van der Waals surface area (Å²) in [5, 5.41) is 0. The van der Waals surface area contributed by atoms with Crippen molar-refractivity contribution in [1.82, 2.24) is 14.5 Å². The van der Waals surface area contributed by atoms with E-state index < -0.39 is 0 Å². The van der Waals surface area contributed by atoms with Crippen molar-refractivity contribution in [2.24, 2.45) is 0 Å². The second-order valence-corrected chi connectivity index (χ2v) is 5.82. The van der Waals surface area contributed by atoms with Gasteiger partial charge >= 0.3 is 0 Å². The van der Waals surface area contributed by atoms with E-state index in [9.17, 15) is 4.79 Å². The maximum atomic E-state index is 12.2. The number of aromatic nitrogens is 3. The Hall–Kier alpha value is -1.97. The van der Waals surface area contributed by atoms with Gasteiger partial charge in [0.15, 0.2) is 0 Å². The molecule has 0 aliphatic heterocycles. The first-order chi connectivity index (χ1) is 8.77. The van der Waals surface area contributed by atoms with E-state index in [1.807, 2.05) is 26.0 Å². The molecule has 0 fully saturated rings. The number of nitrogens with zero attached hydrogens (tertiary/aromatic N) is 3. The fourth-order valence-electron chi connectivity index (χ4n) is 1.93. The molecule has 0 radical (unpaired) electrons. The first-order valence-electron chi connectivity index (χ1n) is 6.33. The van der Waals surface area contributed by atoms with Gasteiger partial charge in [-0.2, -0.15) is 0 Å². The highest BCUT2D eigenvalue weighted by Crippen LogP contribution is 2.20. The average Bonchev–Trinajstić information content (AvgIpc) is 2.26. The SMILES string of the molecule is Cc1cc(C)nc(-n2ccc(C(C)(C)C)cc2=O)n1. The molecule has 4 heteroatoms. The van der Waals surface area contributed by atoms with Crippen LogP contribution in [0.1, 0.15) is 37.7 Å². The van der Waals surface area contributed by atoms with Crippen LogP contribution in [0.25, 0.3) is 5.95 Å². The predicted octanol–water partition coefficient (Wildman–Crippen LogP) is 2.54. The van der Waals surface area contributed by atoms with E-state index in [0.717, 1.165) is 17.0 Å². The monoisotopic (exact) mass is 257 g/mol. The fraction of sp³-hybridized carbons (Fsp3) is 0.400. The van der Waals surface area contributed by atoms with Crippen molar-refractivity contribution in [3.05, 3.63) is 51.7 Å². The van der Waals surface area contributed by atoms with Gasteiger partial charge < -0.3 is 0 Å². The van der Waals surface area contributed by atoms with Gasteiger partial charge in [0.25, 0.3) is 5.56 Å². The Labute approximate surface area is 113 Å². The summed E-state index contributed by atoms with van der Waals surface area (Å²) in [7, 11) is 0. The molecule has 0 aromatic carbocycles. The third kappa shape index (κ3) is 2.89. The lowest BCUT2D eigenvalue weighted by Crippen LogP contribution is -2.23. The maximum absolute atomic E-state index is 12.2. The minimum absolute atomic E-state index is 0.0401. The number of hydrogen-bond acceptors (Lipinski definition) is 3. The van der Waals surface area contributed by atoms with Crippen molar-refractivity contribution in [2.45, 2.75) is 40.0 Å². The summed E-state index contributed by atoms with van der Waals surface area (Å²) in [6.45, 7) is 10.0. The van der Waals surface area contributed by atoms with Crippen LogP contribution in [0.3, 0.4) is 0 Å². The lowest BCUT2D eigenvalue weighted by molar-refractivity contribution is 0.586. The predicted molar refractivity (Wildman–Crippen MR) is 75.8 cm³/mol. The van der Waals surface area contributed by atoms with Gasteiger partial charge in [-0.15, -0.1) is 0 Å². The summed E-state index contributed by atoms with van der Waals surface area (Å²) in [6.07, 6.45) is 1.75. The minimum Gasteiger partial charge on any atom is -0.269 e. The number of aryl methyl sites for hydroxylation is 2. The van der Waals surface area contributed by atoms with Gasteiger partial charge in [-0.25, -0.2) is 9.97 Å². The normalized spacial score (nSPS) is 11.6. The van der Waals surface area contributed by atoms with Crippen LogP contribution < -0.4 is 5.56 Å². The van der Waals surface area contributed by atoms with Crippen molar-refractivity contribution in [2.75, 3.05) is 0 Å². The van der Waals surface area contributed by atoms with E-state index in [2.05, 4.69) is 30.7 Å². The van der Waals surface area contributed by atoms with Gasteiger partial charge in [0.1, 0.15) is 0 Å². The van der Waals surface area contributed by atoms with Crippen molar-refractivity contribution in [1.29, 1.82) is 0 Å². The molecule has 0 aliphatic rings. The highest BCUT2D eigenvalue weighted by molar-refractivity contribution is 5.25. The molecular weight excluding hydrogens is 238 g/mol. The first-order valence-corrected chi connectivity index (χ1v) is 6.33. The Balaban J connectivity index is 2.55. The molecule has 100 valence electrons. The Morgan fingerprint density at radius 1 is 1.05 bits per heavy atom. The van der Waals surface area contributed by atoms with Crippen molar-refractivity contribution >= 4 is 0 Å². The summed E-state index contributed by atoms with van der Waals surface area (Å²) < 4.78 is 1.48. The third-order valence-corrected chi connectivity index (χ3v) is 2.97. The summed E-state index contributed by atoms with van der Waals surface area (Å²) in [4.78, 5) is 20.8. The molecule has 0 spiro atoms. The molecule has 0 aliphatic carbocycles. The average molecular weight is 257 g/mol. The van der Waals surface area contributed by atoms with Gasteiger partial charge in [-0.05, 0) is 37.0 Å². The van der Waals surface area contributed by atoms with Crippen LogP contribution in [0.4, 0.5) is 0 Å². The minimum atomic E-state index is -0.0996. The van der Waals surface area contributed by atoms with Crippen molar-refractivity contribution in [3.63, 3.8) is 0 Å². The zero-order chi connectivity index (χ0) is 14.2. The zero-order valence-electron chi connectivity index (χ0n) is 12.1. The molecule has 0 bridgehead atoms. The van der Waals surface area contributed by atoms with Gasteiger partial charge in [0, 0.05) is 23.7 Å². The van der Waals surface area contributed by atoms with Gasteiger partial charge in [0.2, 0.25) is 5.95 Å². The molecule has 2 rings (SSSR count). The summed E-state index contributed by atoms with van der Waals surface area (Å²) in [5.41, 5.74) is 2.58. The number of rotatable bonds is 1. The van der Waals surface area contributed by atoms with Gasteiger partial charge in [-0.3, -0.25) is 9.36 Å². The van der Waals surface area contributed by atoms with Crippen molar-refractivity contribution < 1.29 is 0 Å². The van der Waals surface area contributed by atoms with Crippen LogP contribution in [-0.2, 0) is 5.41 Å². The van der Waals surface area contributed by atoms with E-state index in [0.29, 0.717) is 5.95 Å². The first kappa shape index (κ1) is 13.5. The molecule has 19 heavy (non-hydrogen) atoms. The fourth-order valence-corrected chi connectivity index (χ4v) is 1.93. The van der Waals surface area contributed by atoms with Crippen LogP contribution in [0.5, 0.6) is 0 Å². The van der Waals surface area contributed by atoms with E-state index in [1.165, 1.54) is 4.57 Å². The van der Waals surface area contributed by atoms with Crippen LogP contribution >= 0.6 is 0 Å². The molecule has 0 amide bonds. The molecular formula is C15H19N3O. The quantitative estimate of drug-likeness (QED) is 0.788. The Bertz CT molecular complexity index is 646.